The summed E-state index contributed by atoms with van der Waals surface area (Å²) < 4.78 is 15.5. The number of nitrogens with zero attached hydrogens (tertiary/aromatic N) is 3. The number of aryl methyl sites for hydroxylation is 1. The molecule has 2 unspecified atom stereocenters. The number of carbonyl (C=O) groups excluding carboxylic acids is 1. The second kappa shape index (κ2) is 6.64. The van der Waals surface area contributed by atoms with Gasteiger partial charge in [0.2, 0.25) is 5.43 Å². The first-order valence-electron chi connectivity index (χ1n) is 8.95. The summed E-state index contributed by atoms with van der Waals surface area (Å²) in [7, 11) is 0. The Morgan fingerprint density at radius 1 is 1.23 bits per heavy atom. The van der Waals surface area contributed by atoms with Crippen molar-refractivity contribution in [2.45, 2.75) is 38.3 Å². The summed E-state index contributed by atoms with van der Waals surface area (Å²) in [6.45, 7) is 3.27. The van der Waals surface area contributed by atoms with Crippen LogP contribution in [0.1, 0.15) is 35.4 Å². The monoisotopic (exact) mass is 356 g/mol. The molecule has 2 aliphatic rings. The minimum absolute atomic E-state index is 0.0828. The molecule has 136 valence electrons. The van der Waals surface area contributed by atoms with E-state index in [-0.39, 0.29) is 29.4 Å². The van der Waals surface area contributed by atoms with Crippen LogP contribution >= 0.6 is 0 Å². The number of para-hydroxylation sites is 1. The average Bonchev–Trinajstić information content (AvgIpc) is 2.88. The molecule has 1 aromatic heterocycles. The maximum Gasteiger partial charge on any atom is 0.278 e. The van der Waals surface area contributed by atoms with Crippen molar-refractivity contribution in [1.29, 1.82) is 0 Å². The minimum Gasteiger partial charge on any atom is -0.330 e. The van der Waals surface area contributed by atoms with Gasteiger partial charge in [-0.15, -0.1) is 0 Å². The van der Waals surface area contributed by atoms with Crippen LogP contribution in [0.15, 0.2) is 35.1 Å². The summed E-state index contributed by atoms with van der Waals surface area (Å²) in [5.41, 5.74) is 0.144. The van der Waals surface area contributed by atoms with Gasteiger partial charge in [-0.25, -0.2) is 9.07 Å². The number of hydrogen-bond acceptors (Lipinski definition) is 4. The van der Waals surface area contributed by atoms with Crippen LogP contribution in [0.25, 0.3) is 5.69 Å². The van der Waals surface area contributed by atoms with Crippen molar-refractivity contribution in [3.05, 3.63) is 57.8 Å². The lowest BCUT2D eigenvalue weighted by Crippen LogP contribution is -2.45. The predicted octanol–water partition coefficient (Wildman–Crippen LogP) is 1.65. The Morgan fingerprint density at radius 2 is 2.00 bits per heavy atom. The number of hydrogen-bond donors (Lipinski definition) is 1. The van der Waals surface area contributed by atoms with Crippen LogP contribution in [0.3, 0.4) is 0 Å². The molecule has 2 bridgehead atoms. The summed E-state index contributed by atoms with van der Waals surface area (Å²) in [6.07, 6.45) is 2.75. The molecule has 2 saturated heterocycles. The van der Waals surface area contributed by atoms with E-state index < -0.39 is 11.2 Å². The molecule has 0 aliphatic carbocycles. The van der Waals surface area contributed by atoms with Gasteiger partial charge in [0, 0.05) is 30.4 Å². The molecular weight excluding hydrogens is 335 g/mol. The van der Waals surface area contributed by atoms with Crippen molar-refractivity contribution in [2.75, 3.05) is 13.1 Å². The van der Waals surface area contributed by atoms with Crippen LogP contribution in [0, 0.1) is 12.7 Å². The molecule has 0 spiro atoms. The molecule has 0 saturated carbocycles. The van der Waals surface area contributed by atoms with Crippen molar-refractivity contribution >= 4 is 5.91 Å². The molecule has 1 N–H and O–H groups in total. The highest BCUT2D eigenvalue weighted by atomic mass is 19.1. The Balaban J connectivity index is 1.77. The molecule has 1 amide bonds. The molecule has 7 heteroatoms. The van der Waals surface area contributed by atoms with E-state index in [2.05, 4.69) is 10.4 Å². The Morgan fingerprint density at radius 3 is 2.81 bits per heavy atom. The predicted molar refractivity (Wildman–Crippen MR) is 95.0 cm³/mol. The molecule has 6 nitrogen and oxygen atoms in total. The molecule has 2 atom stereocenters. The third kappa shape index (κ3) is 2.82. The third-order valence-corrected chi connectivity index (χ3v) is 5.28. The molecule has 0 radical (unpaired) electrons. The fraction of sp³-hybridized carbons (Fsp3) is 0.421. The summed E-state index contributed by atoms with van der Waals surface area (Å²) in [5.74, 6) is -0.805. The molecule has 3 heterocycles. The van der Waals surface area contributed by atoms with Gasteiger partial charge in [-0.3, -0.25) is 9.59 Å². The first-order valence-corrected chi connectivity index (χ1v) is 8.95. The molecule has 2 aromatic rings. The molecule has 26 heavy (non-hydrogen) atoms. The van der Waals surface area contributed by atoms with Gasteiger partial charge in [0.1, 0.15) is 11.5 Å². The number of nitrogens with one attached hydrogen (secondary N) is 1. The van der Waals surface area contributed by atoms with Gasteiger partial charge in [0.05, 0.1) is 0 Å². The summed E-state index contributed by atoms with van der Waals surface area (Å²) in [4.78, 5) is 27.4. The molecule has 2 fully saturated rings. The zero-order valence-corrected chi connectivity index (χ0v) is 14.6. The number of carbonyl (C=O) groups is 1. The number of aromatic nitrogens is 2. The van der Waals surface area contributed by atoms with E-state index in [1.165, 1.54) is 16.8 Å². The van der Waals surface area contributed by atoms with E-state index in [9.17, 15) is 14.0 Å². The minimum atomic E-state index is -0.454. The van der Waals surface area contributed by atoms with E-state index in [0.717, 1.165) is 32.4 Å². The topological polar surface area (TPSA) is 67.2 Å². The van der Waals surface area contributed by atoms with E-state index >= 15 is 0 Å². The van der Waals surface area contributed by atoms with Crippen molar-refractivity contribution in [2.24, 2.45) is 0 Å². The second-order valence-corrected chi connectivity index (χ2v) is 6.95. The fourth-order valence-corrected chi connectivity index (χ4v) is 4.00. The maximum atomic E-state index is 14.2. The highest BCUT2D eigenvalue weighted by Gasteiger charge is 2.39. The second-order valence-electron chi connectivity index (χ2n) is 6.95. The summed E-state index contributed by atoms with van der Waals surface area (Å²) in [6, 6.07) is 7.76. The van der Waals surface area contributed by atoms with Gasteiger partial charge < -0.3 is 10.2 Å². The number of halogens is 1. The fourth-order valence-electron chi connectivity index (χ4n) is 4.00. The Labute approximate surface area is 150 Å². The smallest absolute Gasteiger partial charge is 0.278 e. The highest BCUT2D eigenvalue weighted by molar-refractivity contribution is 5.92. The Hall–Kier alpha value is -2.54. The largest absolute Gasteiger partial charge is 0.330 e. The zero-order valence-electron chi connectivity index (χ0n) is 14.6. The van der Waals surface area contributed by atoms with Crippen LogP contribution in [-0.2, 0) is 0 Å². The van der Waals surface area contributed by atoms with Crippen molar-refractivity contribution in [3.8, 4) is 5.69 Å². The normalized spacial score (nSPS) is 22.3. The summed E-state index contributed by atoms with van der Waals surface area (Å²) >= 11 is 0. The van der Waals surface area contributed by atoms with E-state index in [1.54, 1.807) is 25.1 Å². The molecular formula is C19H21FN4O2. The van der Waals surface area contributed by atoms with Crippen molar-refractivity contribution in [3.63, 3.8) is 0 Å². The highest BCUT2D eigenvalue weighted by Crippen LogP contribution is 2.29. The van der Waals surface area contributed by atoms with Gasteiger partial charge in [-0.2, -0.15) is 5.10 Å². The van der Waals surface area contributed by atoms with Gasteiger partial charge >= 0.3 is 0 Å². The third-order valence-electron chi connectivity index (χ3n) is 5.28. The van der Waals surface area contributed by atoms with Crippen molar-refractivity contribution < 1.29 is 9.18 Å². The first kappa shape index (κ1) is 16.9. The number of fused-ring (bicyclic) bond motifs is 2. The molecule has 2 aliphatic heterocycles. The Bertz CT molecular complexity index is 897. The number of rotatable bonds is 2. The first-order chi connectivity index (χ1) is 12.6. The maximum absolute atomic E-state index is 14.2. The van der Waals surface area contributed by atoms with Crippen LogP contribution in [0.2, 0.25) is 0 Å². The lowest BCUT2D eigenvalue weighted by atomic mass is 10.1. The standard InChI is InChI=1S/C19H21FN4O2/c1-12-10-17(25)18(22-24(12)16-5-3-2-4-15(16)20)19(26)23-13-6-7-14(23)11-21-9-8-13/h2-5,10,13-14,21H,6-9,11H2,1H3. The van der Waals surface area contributed by atoms with E-state index in [1.807, 2.05) is 4.90 Å². The lowest BCUT2D eigenvalue weighted by Gasteiger charge is -2.27. The lowest BCUT2D eigenvalue weighted by molar-refractivity contribution is 0.0670. The van der Waals surface area contributed by atoms with Crippen LogP contribution in [0.5, 0.6) is 0 Å². The van der Waals surface area contributed by atoms with Crippen LogP contribution in [-0.4, -0.2) is 45.8 Å². The van der Waals surface area contributed by atoms with Gasteiger partial charge in [0.15, 0.2) is 5.69 Å². The van der Waals surface area contributed by atoms with Gasteiger partial charge in [-0.05, 0) is 44.9 Å². The Kier molecular flexibility index (Phi) is 4.32. The number of amides is 1. The molecule has 4 rings (SSSR count). The SMILES string of the molecule is Cc1cc(=O)c(C(=O)N2C3CCNCC2CC3)nn1-c1ccccc1F. The van der Waals surface area contributed by atoms with Gasteiger partial charge in [0.25, 0.3) is 5.91 Å². The number of benzene rings is 1. The van der Waals surface area contributed by atoms with E-state index in [4.69, 9.17) is 0 Å². The zero-order chi connectivity index (χ0) is 18.3. The van der Waals surface area contributed by atoms with Crippen molar-refractivity contribution in [1.82, 2.24) is 20.0 Å². The van der Waals surface area contributed by atoms with Crippen LogP contribution in [0.4, 0.5) is 4.39 Å². The molecule has 1 aromatic carbocycles. The quantitative estimate of drug-likeness (QED) is 0.888. The summed E-state index contributed by atoms with van der Waals surface area (Å²) in [5, 5.41) is 7.59. The average molecular weight is 356 g/mol. The van der Waals surface area contributed by atoms with Crippen LogP contribution < -0.4 is 10.7 Å². The van der Waals surface area contributed by atoms with Gasteiger partial charge in [-0.1, -0.05) is 12.1 Å². The van der Waals surface area contributed by atoms with E-state index in [0.29, 0.717) is 5.69 Å².